The lowest BCUT2D eigenvalue weighted by molar-refractivity contribution is -0.906. The molecule has 0 aliphatic carbocycles. The van der Waals surface area contributed by atoms with E-state index in [0.29, 0.717) is 0 Å². The van der Waals surface area contributed by atoms with Crippen LogP contribution in [0.15, 0.2) is 51.9 Å². The fourth-order valence-electron chi connectivity index (χ4n) is 3.95. The molecule has 0 saturated carbocycles. The molecule has 1 aliphatic rings. The molecule has 5 heteroatoms. The second kappa shape index (κ2) is 8.80. The van der Waals surface area contributed by atoms with Crippen molar-refractivity contribution in [3.05, 3.63) is 58.9 Å². The first kappa shape index (κ1) is 19.7. The van der Waals surface area contributed by atoms with Crippen molar-refractivity contribution >= 4 is 11.0 Å². The summed E-state index contributed by atoms with van der Waals surface area (Å²) in [6.07, 6.45) is 0. The van der Waals surface area contributed by atoms with Crippen molar-refractivity contribution in [3.63, 3.8) is 0 Å². The summed E-state index contributed by atoms with van der Waals surface area (Å²) in [7, 11) is 1.67. The SMILES string of the molecule is COc1ccc(-c2cc(=NCC[NH+]3CCOCC3)c3c(C)cc(C)cc3o2)cc1. The standard InChI is InChI=1S/C24H28N2O3/c1-17-14-18(2)24-21(25-8-9-26-10-12-28-13-11-26)16-22(29-23(24)15-17)19-4-6-20(27-3)7-5-19/h4-7,14-16H,8-13H2,1-3H3/p+1. The number of aryl methyl sites for hydroxylation is 2. The summed E-state index contributed by atoms with van der Waals surface area (Å²) in [6, 6.07) is 14.3. The molecule has 0 amide bonds. The van der Waals surface area contributed by atoms with Gasteiger partial charge in [0.05, 0.1) is 38.8 Å². The number of methoxy groups -OCH3 is 1. The Hall–Kier alpha value is -2.63. The quantitative estimate of drug-likeness (QED) is 0.725. The second-order valence-electron chi connectivity index (χ2n) is 7.67. The van der Waals surface area contributed by atoms with E-state index in [4.69, 9.17) is 18.9 Å². The van der Waals surface area contributed by atoms with E-state index >= 15 is 0 Å². The third-order valence-corrected chi connectivity index (χ3v) is 5.51. The number of benzene rings is 2. The average Bonchev–Trinajstić information content (AvgIpc) is 2.74. The lowest BCUT2D eigenvalue weighted by atomic mass is 10.0. The van der Waals surface area contributed by atoms with E-state index < -0.39 is 0 Å². The first-order valence-electron chi connectivity index (χ1n) is 10.3. The number of ether oxygens (including phenoxy) is 2. The minimum Gasteiger partial charge on any atom is -0.497 e. The zero-order valence-corrected chi connectivity index (χ0v) is 17.5. The number of rotatable bonds is 5. The molecule has 0 radical (unpaired) electrons. The molecule has 1 saturated heterocycles. The molecule has 5 nitrogen and oxygen atoms in total. The number of nitrogens with one attached hydrogen (secondary N) is 1. The van der Waals surface area contributed by atoms with Gasteiger partial charge in [-0.15, -0.1) is 0 Å². The predicted octanol–water partition coefficient (Wildman–Crippen LogP) is 2.54. The zero-order valence-electron chi connectivity index (χ0n) is 17.5. The lowest BCUT2D eigenvalue weighted by Gasteiger charge is -2.22. The van der Waals surface area contributed by atoms with E-state index in [-0.39, 0.29) is 0 Å². The number of fused-ring (bicyclic) bond motifs is 1. The molecule has 3 aromatic rings. The van der Waals surface area contributed by atoms with Crippen LogP contribution in [-0.4, -0.2) is 46.5 Å². The van der Waals surface area contributed by atoms with Crippen molar-refractivity contribution in [1.82, 2.24) is 0 Å². The minimum absolute atomic E-state index is 0.795. The maximum absolute atomic E-state index is 6.30. The topological polar surface area (TPSA) is 48.4 Å². The molecular weight excluding hydrogens is 364 g/mol. The van der Waals surface area contributed by atoms with Crippen LogP contribution in [0.5, 0.6) is 5.75 Å². The third kappa shape index (κ3) is 4.52. The van der Waals surface area contributed by atoms with Gasteiger partial charge in [-0.25, -0.2) is 0 Å². The van der Waals surface area contributed by atoms with Crippen LogP contribution in [0.3, 0.4) is 0 Å². The molecule has 4 rings (SSSR count). The summed E-state index contributed by atoms with van der Waals surface area (Å²) in [5.41, 5.74) is 4.28. The van der Waals surface area contributed by atoms with Crippen molar-refractivity contribution in [1.29, 1.82) is 0 Å². The number of nitrogens with zero attached hydrogens (tertiary/aromatic N) is 1. The Morgan fingerprint density at radius 2 is 1.79 bits per heavy atom. The molecule has 1 aromatic heterocycles. The van der Waals surface area contributed by atoms with Gasteiger partial charge in [-0.3, -0.25) is 4.99 Å². The summed E-state index contributed by atoms with van der Waals surface area (Å²) in [6.45, 7) is 9.88. The molecule has 1 fully saturated rings. The summed E-state index contributed by atoms with van der Waals surface area (Å²) < 4.78 is 17.0. The molecule has 29 heavy (non-hydrogen) atoms. The Labute approximate surface area is 171 Å². The molecule has 0 unspecified atom stereocenters. The Bertz CT molecular complexity index is 1050. The van der Waals surface area contributed by atoms with Crippen LogP contribution >= 0.6 is 0 Å². The first-order chi connectivity index (χ1) is 14.1. The van der Waals surface area contributed by atoms with Crippen LogP contribution < -0.4 is 15.0 Å². The second-order valence-corrected chi connectivity index (χ2v) is 7.67. The van der Waals surface area contributed by atoms with Gasteiger partial charge in [0.2, 0.25) is 0 Å². The molecule has 1 aliphatic heterocycles. The first-order valence-corrected chi connectivity index (χ1v) is 10.3. The van der Waals surface area contributed by atoms with E-state index in [1.54, 1.807) is 12.0 Å². The van der Waals surface area contributed by atoms with E-state index in [2.05, 4.69) is 32.0 Å². The fraction of sp³-hybridized carbons (Fsp3) is 0.375. The van der Waals surface area contributed by atoms with Gasteiger partial charge in [-0.05, 0) is 55.3 Å². The summed E-state index contributed by atoms with van der Waals surface area (Å²) in [5, 5.41) is 2.10. The van der Waals surface area contributed by atoms with Gasteiger partial charge < -0.3 is 18.8 Å². The fourth-order valence-corrected chi connectivity index (χ4v) is 3.95. The molecular formula is C24H29N2O3+. The summed E-state index contributed by atoms with van der Waals surface area (Å²) in [5.74, 6) is 1.65. The van der Waals surface area contributed by atoms with E-state index in [1.165, 1.54) is 11.1 Å². The van der Waals surface area contributed by atoms with Gasteiger partial charge in [-0.1, -0.05) is 6.07 Å². The maximum atomic E-state index is 6.30. The highest BCUT2D eigenvalue weighted by Gasteiger charge is 2.13. The van der Waals surface area contributed by atoms with Gasteiger partial charge >= 0.3 is 0 Å². The number of morpholine rings is 1. The molecule has 0 bridgehead atoms. The Morgan fingerprint density at radius 1 is 1.03 bits per heavy atom. The molecule has 2 heterocycles. The van der Waals surface area contributed by atoms with Crippen LogP contribution in [0.25, 0.3) is 22.3 Å². The number of hydrogen-bond donors (Lipinski definition) is 1. The lowest BCUT2D eigenvalue weighted by Crippen LogP contribution is -3.14. The van der Waals surface area contributed by atoms with Crippen LogP contribution in [-0.2, 0) is 4.74 Å². The summed E-state index contributed by atoms with van der Waals surface area (Å²) in [4.78, 5) is 6.56. The van der Waals surface area contributed by atoms with E-state index in [9.17, 15) is 0 Å². The van der Waals surface area contributed by atoms with Crippen molar-refractivity contribution in [2.75, 3.05) is 46.5 Å². The van der Waals surface area contributed by atoms with E-state index in [0.717, 1.165) is 72.8 Å². The van der Waals surface area contributed by atoms with Crippen LogP contribution in [0.4, 0.5) is 0 Å². The van der Waals surface area contributed by atoms with Gasteiger partial charge in [-0.2, -0.15) is 0 Å². The zero-order chi connectivity index (χ0) is 20.2. The summed E-state index contributed by atoms with van der Waals surface area (Å²) >= 11 is 0. The predicted molar refractivity (Wildman–Crippen MR) is 114 cm³/mol. The number of quaternary nitrogens is 1. The Balaban J connectivity index is 1.74. The van der Waals surface area contributed by atoms with Gasteiger partial charge in [0.25, 0.3) is 0 Å². The highest BCUT2D eigenvalue weighted by atomic mass is 16.5. The normalized spacial score (nSPS) is 15.8. The Morgan fingerprint density at radius 3 is 2.52 bits per heavy atom. The molecule has 0 spiro atoms. The van der Waals surface area contributed by atoms with Crippen LogP contribution in [0.1, 0.15) is 11.1 Å². The minimum atomic E-state index is 0.795. The molecule has 0 atom stereocenters. The largest absolute Gasteiger partial charge is 0.497 e. The van der Waals surface area contributed by atoms with Gasteiger partial charge in [0, 0.05) is 17.0 Å². The molecule has 2 aromatic carbocycles. The van der Waals surface area contributed by atoms with E-state index in [1.807, 2.05) is 24.3 Å². The van der Waals surface area contributed by atoms with Crippen LogP contribution in [0.2, 0.25) is 0 Å². The highest BCUT2D eigenvalue weighted by Crippen LogP contribution is 2.26. The monoisotopic (exact) mass is 393 g/mol. The molecule has 152 valence electrons. The van der Waals surface area contributed by atoms with Crippen molar-refractivity contribution in [2.24, 2.45) is 4.99 Å². The number of hydrogen-bond acceptors (Lipinski definition) is 4. The Kier molecular flexibility index (Phi) is 5.97. The van der Waals surface area contributed by atoms with Crippen molar-refractivity contribution in [3.8, 4) is 17.1 Å². The van der Waals surface area contributed by atoms with Gasteiger partial charge in [0.1, 0.15) is 30.2 Å². The average molecular weight is 394 g/mol. The third-order valence-electron chi connectivity index (χ3n) is 5.51. The van der Waals surface area contributed by atoms with Crippen molar-refractivity contribution < 1.29 is 18.8 Å². The maximum Gasteiger partial charge on any atom is 0.137 e. The van der Waals surface area contributed by atoms with Crippen LogP contribution in [0, 0.1) is 13.8 Å². The van der Waals surface area contributed by atoms with Crippen molar-refractivity contribution in [2.45, 2.75) is 13.8 Å². The van der Waals surface area contributed by atoms with Gasteiger partial charge in [0.15, 0.2) is 0 Å². The smallest absolute Gasteiger partial charge is 0.137 e. The molecule has 1 N–H and O–H groups in total. The highest BCUT2D eigenvalue weighted by molar-refractivity contribution is 5.82.